The maximum atomic E-state index is 12.6. The molecule has 130 valence electrons. The molecule has 3 aromatic rings. The Morgan fingerprint density at radius 1 is 1.04 bits per heavy atom. The largest absolute Gasteiger partial charge is 0.389 e. The van der Waals surface area contributed by atoms with Gasteiger partial charge in [0, 0.05) is 11.9 Å². The maximum Gasteiger partial charge on any atom is 0.333 e. The quantitative estimate of drug-likeness (QED) is 0.720. The third-order valence-electron chi connectivity index (χ3n) is 3.98. The van der Waals surface area contributed by atoms with Crippen molar-refractivity contribution in [1.82, 2.24) is 9.13 Å². The molecule has 5 heteroatoms. The lowest BCUT2D eigenvalue weighted by atomic mass is 10.2. The van der Waals surface area contributed by atoms with E-state index in [1.165, 1.54) is 4.57 Å². The van der Waals surface area contributed by atoms with E-state index in [0.717, 1.165) is 16.9 Å². The number of aryl methyl sites for hydroxylation is 1. The first-order valence-electron chi connectivity index (χ1n) is 8.29. The molecule has 5 nitrogen and oxygen atoms in total. The van der Waals surface area contributed by atoms with Gasteiger partial charge in [-0.05, 0) is 24.6 Å². The molecule has 1 unspecified atom stereocenters. The van der Waals surface area contributed by atoms with Gasteiger partial charge in [0.05, 0.1) is 31.5 Å². The van der Waals surface area contributed by atoms with Gasteiger partial charge in [-0.1, -0.05) is 48.5 Å². The third kappa shape index (κ3) is 4.26. The first-order chi connectivity index (χ1) is 12.1. The van der Waals surface area contributed by atoms with E-state index >= 15 is 0 Å². The average Bonchev–Trinajstić information content (AvgIpc) is 2.90. The predicted molar refractivity (Wildman–Crippen MR) is 96.9 cm³/mol. The van der Waals surface area contributed by atoms with E-state index in [4.69, 9.17) is 4.74 Å². The first-order valence-corrected chi connectivity index (χ1v) is 8.29. The van der Waals surface area contributed by atoms with Crippen molar-refractivity contribution in [3.8, 4) is 5.69 Å². The predicted octanol–water partition coefficient (Wildman–Crippen LogP) is 2.53. The summed E-state index contributed by atoms with van der Waals surface area (Å²) >= 11 is 0. The molecule has 1 heterocycles. The number of nitrogens with zero attached hydrogens (tertiary/aromatic N) is 2. The van der Waals surface area contributed by atoms with Gasteiger partial charge in [-0.3, -0.25) is 9.13 Å². The van der Waals surface area contributed by atoms with Gasteiger partial charge in [-0.25, -0.2) is 4.79 Å². The van der Waals surface area contributed by atoms with Crippen molar-refractivity contribution >= 4 is 0 Å². The summed E-state index contributed by atoms with van der Waals surface area (Å²) in [4.78, 5) is 12.6. The summed E-state index contributed by atoms with van der Waals surface area (Å²) in [6.45, 7) is 2.70. The van der Waals surface area contributed by atoms with Crippen LogP contribution in [-0.2, 0) is 17.9 Å². The smallest absolute Gasteiger partial charge is 0.333 e. The molecule has 1 atom stereocenters. The molecule has 3 rings (SSSR count). The van der Waals surface area contributed by atoms with Crippen molar-refractivity contribution in [3.63, 3.8) is 0 Å². The highest BCUT2D eigenvalue weighted by molar-refractivity contribution is 5.33. The molecule has 0 aliphatic carbocycles. The number of aliphatic hydroxyl groups is 1. The lowest BCUT2D eigenvalue weighted by molar-refractivity contribution is 0.0199. The van der Waals surface area contributed by atoms with Gasteiger partial charge in [0.25, 0.3) is 0 Å². The van der Waals surface area contributed by atoms with Crippen molar-refractivity contribution < 1.29 is 9.84 Å². The number of hydrogen-bond donors (Lipinski definition) is 1. The minimum Gasteiger partial charge on any atom is -0.389 e. The van der Waals surface area contributed by atoms with E-state index in [1.807, 2.05) is 67.6 Å². The summed E-state index contributed by atoms with van der Waals surface area (Å²) in [6, 6.07) is 19.3. The van der Waals surface area contributed by atoms with E-state index in [-0.39, 0.29) is 18.8 Å². The van der Waals surface area contributed by atoms with Crippen LogP contribution < -0.4 is 5.69 Å². The van der Waals surface area contributed by atoms with Gasteiger partial charge in [-0.15, -0.1) is 0 Å². The van der Waals surface area contributed by atoms with Gasteiger partial charge in [0.15, 0.2) is 0 Å². The zero-order valence-electron chi connectivity index (χ0n) is 14.2. The number of benzene rings is 2. The van der Waals surface area contributed by atoms with E-state index in [9.17, 15) is 9.90 Å². The average molecular weight is 338 g/mol. The lowest BCUT2D eigenvalue weighted by Crippen LogP contribution is -2.30. The molecule has 0 aliphatic rings. The zero-order valence-corrected chi connectivity index (χ0v) is 14.2. The Morgan fingerprint density at radius 3 is 2.36 bits per heavy atom. The fourth-order valence-electron chi connectivity index (χ4n) is 2.81. The van der Waals surface area contributed by atoms with Crippen LogP contribution in [0.1, 0.15) is 11.3 Å². The van der Waals surface area contributed by atoms with E-state index in [2.05, 4.69) is 0 Å². The minimum atomic E-state index is -0.743. The van der Waals surface area contributed by atoms with Crippen molar-refractivity contribution in [2.24, 2.45) is 0 Å². The molecule has 0 saturated heterocycles. The SMILES string of the molecule is Cc1cn(CC(O)COCc2ccccc2)c(=O)n1-c1ccccc1. The Bertz CT molecular complexity index is 854. The van der Waals surface area contributed by atoms with Crippen LogP contribution in [0.25, 0.3) is 5.69 Å². The molecule has 0 aliphatic heterocycles. The topological polar surface area (TPSA) is 56.4 Å². The summed E-state index contributed by atoms with van der Waals surface area (Å²) in [7, 11) is 0. The fraction of sp³-hybridized carbons (Fsp3) is 0.250. The van der Waals surface area contributed by atoms with Crippen molar-refractivity contribution in [2.45, 2.75) is 26.2 Å². The Morgan fingerprint density at radius 2 is 1.68 bits per heavy atom. The number of imidazole rings is 1. The van der Waals surface area contributed by atoms with Gasteiger partial charge < -0.3 is 9.84 Å². The Hall–Kier alpha value is -2.63. The van der Waals surface area contributed by atoms with Crippen LogP contribution in [0, 0.1) is 6.92 Å². The molecule has 0 saturated carbocycles. The minimum absolute atomic E-state index is 0.161. The second kappa shape index (κ2) is 7.96. The van der Waals surface area contributed by atoms with Crippen LogP contribution in [0.4, 0.5) is 0 Å². The molecule has 1 aromatic heterocycles. The summed E-state index contributed by atoms with van der Waals surface area (Å²) in [5, 5.41) is 10.2. The van der Waals surface area contributed by atoms with Gasteiger partial charge in [-0.2, -0.15) is 0 Å². The fourth-order valence-corrected chi connectivity index (χ4v) is 2.81. The van der Waals surface area contributed by atoms with Crippen molar-refractivity contribution in [3.05, 3.63) is 88.6 Å². The number of aliphatic hydroxyl groups excluding tert-OH is 1. The van der Waals surface area contributed by atoms with Gasteiger partial charge in [0.1, 0.15) is 0 Å². The van der Waals surface area contributed by atoms with Crippen molar-refractivity contribution in [1.29, 1.82) is 0 Å². The van der Waals surface area contributed by atoms with Crippen LogP contribution in [0.3, 0.4) is 0 Å². The maximum absolute atomic E-state index is 12.6. The standard InChI is InChI=1S/C20H22N2O3/c1-16-12-21(20(24)22(16)18-10-6-3-7-11-18)13-19(23)15-25-14-17-8-4-2-5-9-17/h2-12,19,23H,13-15H2,1H3. The Balaban J connectivity index is 1.62. The molecular weight excluding hydrogens is 316 g/mol. The van der Waals surface area contributed by atoms with Gasteiger partial charge >= 0.3 is 5.69 Å². The summed E-state index contributed by atoms with van der Waals surface area (Å²) in [5.74, 6) is 0. The number of ether oxygens (including phenoxy) is 1. The highest BCUT2D eigenvalue weighted by atomic mass is 16.5. The molecule has 2 aromatic carbocycles. The molecule has 0 amide bonds. The van der Waals surface area contributed by atoms with Crippen LogP contribution in [0.5, 0.6) is 0 Å². The number of para-hydroxylation sites is 1. The van der Waals surface area contributed by atoms with Crippen LogP contribution in [-0.4, -0.2) is 27.0 Å². The first kappa shape index (κ1) is 17.2. The summed E-state index contributed by atoms with van der Waals surface area (Å²) in [6.07, 6.45) is 1.02. The van der Waals surface area contributed by atoms with Crippen LogP contribution >= 0.6 is 0 Å². The Labute approximate surface area is 146 Å². The monoisotopic (exact) mass is 338 g/mol. The van der Waals surface area contributed by atoms with E-state index < -0.39 is 6.10 Å². The second-order valence-electron chi connectivity index (χ2n) is 6.03. The summed E-state index contributed by atoms with van der Waals surface area (Å²) < 4.78 is 8.71. The van der Waals surface area contributed by atoms with Gasteiger partial charge in [0.2, 0.25) is 0 Å². The highest BCUT2D eigenvalue weighted by Crippen LogP contribution is 2.08. The number of hydrogen-bond acceptors (Lipinski definition) is 3. The van der Waals surface area contributed by atoms with Crippen LogP contribution in [0.2, 0.25) is 0 Å². The van der Waals surface area contributed by atoms with Crippen LogP contribution in [0.15, 0.2) is 71.7 Å². The Kier molecular flexibility index (Phi) is 5.48. The van der Waals surface area contributed by atoms with E-state index in [0.29, 0.717) is 6.61 Å². The molecule has 25 heavy (non-hydrogen) atoms. The summed E-state index contributed by atoms with van der Waals surface area (Å²) in [5.41, 5.74) is 2.54. The molecule has 0 radical (unpaired) electrons. The highest BCUT2D eigenvalue weighted by Gasteiger charge is 2.13. The molecule has 0 bridgehead atoms. The van der Waals surface area contributed by atoms with Crippen molar-refractivity contribution in [2.75, 3.05) is 6.61 Å². The third-order valence-corrected chi connectivity index (χ3v) is 3.98. The lowest BCUT2D eigenvalue weighted by Gasteiger charge is -2.11. The normalized spacial score (nSPS) is 12.2. The molecule has 0 spiro atoms. The molecule has 1 N–H and O–H groups in total. The number of rotatable bonds is 7. The zero-order chi connectivity index (χ0) is 17.6. The second-order valence-corrected chi connectivity index (χ2v) is 6.03. The van der Waals surface area contributed by atoms with E-state index in [1.54, 1.807) is 10.8 Å². The molecular formula is C20H22N2O3. The molecule has 0 fully saturated rings. The number of aromatic nitrogens is 2.